The highest BCUT2D eigenvalue weighted by molar-refractivity contribution is 5.33. The van der Waals surface area contributed by atoms with Crippen molar-refractivity contribution in [2.24, 2.45) is 0 Å². The average molecular weight is 202 g/mol. The van der Waals surface area contributed by atoms with Gasteiger partial charge in [-0.05, 0) is 32.4 Å². The first-order valence-corrected chi connectivity index (χ1v) is 5.38. The molecule has 1 aromatic rings. The van der Waals surface area contributed by atoms with Crippen LogP contribution in [-0.4, -0.2) is 6.54 Å². The van der Waals surface area contributed by atoms with E-state index in [1.165, 1.54) is 11.1 Å². The topological polar surface area (TPSA) is 35.8 Å². The summed E-state index contributed by atoms with van der Waals surface area (Å²) in [6, 6.07) is 8.39. The molecule has 15 heavy (non-hydrogen) atoms. The molecule has 0 saturated heterocycles. The summed E-state index contributed by atoms with van der Waals surface area (Å²) >= 11 is 0. The second-order valence-corrected chi connectivity index (χ2v) is 3.94. The van der Waals surface area contributed by atoms with Gasteiger partial charge in [-0.1, -0.05) is 36.2 Å². The summed E-state index contributed by atoms with van der Waals surface area (Å²) in [6.45, 7) is 7.10. The number of rotatable bonds is 4. The van der Waals surface area contributed by atoms with Crippen LogP contribution < -0.4 is 5.32 Å². The fraction of sp³-hybridized carbons (Fsp3) is 0.462. The van der Waals surface area contributed by atoms with Crippen molar-refractivity contribution in [2.75, 3.05) is 6.54 Å². The molecule has 1 rings (SSSR count). The molecule has 0 amide bonds. The van der Waals surface area contributed by atoms with Gasteiger partial charge in [0.05, 0.1) is 6.07 Å². The summed E-state index contributed by atoms with van der Waals surface area (Å²) in [6.07, 6.45) is 1.04. The van der Waals surface area contributed by atoms with Crippen LogP contribution in [-0.2, 0) is 0 Å². The van der Waals surface area contributed by atoms with Crippen LogP contribution in [0.5, 0.6) is 0 Å². The lowest BCUT2D eigenvalue weighted by Crippen LogP contribution is -2.20. The molecular formula is C13H18N2. The lowest BCUT2D eigenvalue weighted by atomic mass is 10.0. The largest absolute Gasteiger partial charge is 0.298 e. The van der Waals surface area contributed by atoms with Crippen molar-refractivity contribution in [1.82, 2.24) is 5.32 Å². The Morgan fingerprint density at radius 1 is 1.27 bits per heavy atom. The number of hydrogen-bond donors (Lipinski definition) is 1. The monoisotopic (exact) mass is 202 g/mol. The average Bonchev–Trinajstić information content (AvgIpc) is 2.17. The molecule has 0 bridgehead atoms. The van der Waals surface area contributed by atoms with Crippen molar-refractivity contribution in [3.8, 4) is 6.07 Å². The Bertz CT molecular complexity index is 343. The highest BCUT2D eigenvalue weighted by Gasteiger charge is 2.09. The SMILES string of the molecule is CCCNC(C#N)c1cc(C)cc(C)c1. The summed E-state index contributed by atoms with van der Waals surface area (Å²) in [5.41, 5.74) is 3.50. The van der Waals surface area contributed by atoms with E-state index < -0.39 is 0 Å². The van der Waals surface area contributed by atoms with Gasteiger partial charge in [0.1, 0.15) is 6.04 Å². The van der Waals surface area contributed by atoms with Gasteiger partial charge in [0.15, 0.2) is 0 Å². The maximum atomic E-state index is 9.08. The predicted molar refractivity (Wildman–Crippen MR) is 62.6 cm³/mol. The standard InChI is InChI=1S/C13H18N2/c1-4-5-15-13(9-14)12-7-10(2)6-11(3)8-12/h6-8,13,15H,4-5H2,1-3H3. The number of nitrogens with one attached hydrogen (secondary N) is 1. The zero-order valence-electron chi connectivity index (χ0n) is 9.67. The molecule has 0 aliphatic rings. The maximum Gasteiger partial charge on any atom is 0.121 e. The third kappa shape index (κ3) is 3.38. The van der Waals surface area contributed by atoms with Crippen LogP contribution in [0.3, 0.4) is 0 Å². The minimum Gasteiger partial charge on any atom is -0.298 e. The van der Waals surface area contributed by atoms with E-state index in [0.29, 0.717) is 0 Å². The molecule has 0 fully saturated rings. The predicted octanol–water partition coefficient (Wildman–Crippen LogP) is 2.87. The van der Waals surface area contributed by atoms with E-state index in [4.69, 9.17) is 5.26 Å². The molecule has 0 radical (unpaired) electrons. The fourth-order valence-corrected chi connectivity index (χ4v) is 1.70. The molecule has 80 valence electrons. The molecule has 0 aliphatic carbocycles. The van der Waals surface area contributed by atoms with E-state index in [9.17, 15) is 0 Å². The van der Waals surface area contributed by atoms with Crippen molar-refractivity contribution in [3.05, 3.63) is 34.9 Å². The lowest BCUT2D eigenvalue weighted by Gasteiger charge is -2.12. The normalized spacial score (nSPS) is 12.1. The van der Waals surface area contributed by atoms with Gasteiger partial charge in [0, 0.05) is 0 Å². The second kappa shape index (κ2) is 5.53. The number of hydrogen-bond acceptors (Lipinski definition) is 2. The third-order valence-electron chi connectivity index (χ3n) is 2.30. The van der Waals surface area contributed by atoms with Gasteiger partial charge >= 0.3 is 0 Å². The Morgan fingerprint density at radius 3 is 2.33 bits per heavy atom. The van der Waals surface area contributed by atoms with E-state index >= 15 is 0 Å². The first kappa shape index (κ1) is 11.7. The van der Waals surface area contributed by atoms with Gasteiger partial charge in [-0.15, -0.1) is 0 Å². The van der Waals surface area contributed by atoms with Crippen molar-refractivity contribution in [2.45, 2.75) is 33.2 Å². The van der Waals surface area contributed by atoms with Crippen LogP contribution in [0.15, 0.2) is 18.2 Å². The molecule has 2 nitrogen and oxygen atoms in total. The first-order chi connectivity index (χ1) is 7.17. The van der Waals surface area contributed by atoms with Gasteiger partial charge in [-0.3, -0.25) is 5.32 Å². The second-order valence-electron chi connectivity index (χ2n) is 3.94. The lowest BCUT2D eigenvalue weighted by molar-refractivity contribution is 0.620. The summed E-state index contributed by atoms with van der Waals surface area (Å²) in [4.78, 5) is 0. The number of nitrogens with zero attached hydrogens (tertiary/aromatic N) is 1. The smallest absolute Gasteiger partial charge is 0.121 e. The Balaban J connectivity index is 2.87. The molecule has 0 saturated carbocycles. The molecule has 1 aromatic carbocycles. The van der Waals surface area contributed by atoms with Crippen molar-refractivity contribution < 1.29 is 0 Å². The maximum absolute atomic E-state index is 9.08. The molecule has 1 atom stereocenters. The van der Waals surface area contributed by atoms with Crippen LogP contribution >= 0.6 is 0 Å². The Hall–Kier alpha value is -1.33. The summed E-state index contributed by atoms with van der Waals surface area (Å²) in [5.74, 6) is 0. The molecular weight excluding hydrogens is 184 g/mol. The molecule has 1 N–H and O–H groups in total. The van der Waals surface area contributed by atoms with Gasteiger partial charge in [0.2, 0.25) is 0 Å². The molecule has 0 aromatic heterocycles. The van der Waals surface area contributed by atoms with Crippen molar-refractivity contribution in [1.29, 1.82) is 5.26 Å². The van der Waals surface area contributed by atoms with Crippen LogP contribution in [0.2, 0.25) is 0 Å². The zero-order chi connectivity index (χ0) is 11.3. The number of aryl methyl sites for hydroxylation is 2. The van der Waals surface area contributed by atoms with E-state index in [0.717, 1.165) is 18.5 Å². The first-order valence-electron chi connectivity index (χ1n) is 5.38. The fourth-order valence-electron chi connectivity index (χ4n) is 1.70. The number of nitriles is 1. The van der Waals surface area contributed by atoms with Gasteiger partial charge < -0.3 is 0 Å². The van der Waals surface area contributed by atoms with Crippen LogP contribution in [0.25, 0.3) is 0 Å². The van der Waals surface area contributed by atoms with Crippen LogP contribution in [0.1, 0.15) is 36.1 Å². The molecule has 0 spiro atoms. The van der Waals surface area contributed by atoms with E-state index in [2.05, 4.69) is 50.4 Å². The molecule has 0 aliphatic heterocycles. The Kier molecular flexibility index (Phi) is 4.33. The Labute approximate surface area is 91.9 Å². The van der Waals surface area contributed by atoms with Crippen molar-refractivity contribution >= 4 is 0 Å². The third-order valence-corrected chi connectivity index (χ3v) is 2.30. The Morgan fingerprint density at radius 2 is 1.87 bits per heavy atom. The molecule has 1 unspecified atom stereocenters. The summed E-state index contributed by atoms with van der Waals surface area (Å²) < 4.78 is 0. The van der Waals surface area contributed by atoms with Gasteiger partial charge in [-0.2, -0.15) is 5.26 Å². The number of benzene rings is 1. The highest BCUT2D eigenvalue weighted by atomic mass is 14.9. The van der Waals surface area contributed by atoms with E-state index in [1.807, 2.05) is 0 Å². The quantitative estimate of drug-likeness (QED) is 0.815. The molecule has 0 heterocycles. The van der Waals surface area contributed by atoms with E-state index in [1.54, 1.807) is 0 Å². The highest BCUT2D eigenvalue weighted by Crippen LogP contribution is 2.16. The van der Waals surface area contributed by atoms with Gasteiger partial charge in [0.25, 0.3) is 0 Å². The molecule has 2 heteroatoms. The summed E-state index contributed by atoms with van der Waals surface area (Å²) in [5, 5.41) is 12.3. The van der Waals surface area contributed by atoms with E-state index in [-0.39, 0.29) is 6.04 Å². The minimum atomic E-state index is -0.177. The van der Waals surface area contributed by atoms with Gasteiger partial charge in [-0.25, -0.2) is 0 Å². The zero-order valence-corrected chi connectivity index (χ0v) is 9.67. The van der Waals surface area contributed by atoms with Crippen LogP contribution in [0, 0.1) is 25.2 Å². The van der Waals surface area contributed by atoms with Crippen LogP contribution in [0.4, 0.5) is 0 Å². The summed E-state index contributed by atoms with van der Waals surface area (Å²) in [7, 11) is 0. The van der Waals surface area contributed by atoms with Crippen molar-refractivity contribution in [3.63, 3.8) is 0 Å². The minimum absolute atomic E-state index is 0.177.